The van der Waals surface area contributed by atoms with Crippen LogP contribution in [-0.2, 0) is 0 Å². The smallest absolute Gasteiger partial charge is 0.295 e. The number of hydrogen-bond acceptors (Lipinski definition) is 4. The molecular formula is C22H17ClN4O2. The molecule has 0 saturated heterocycles. The molecule has 0 unspecified atom stereocenters. The van der Waals surface area contributed by atoms with E-state index in [1.54, 1.807) is 36.1 Å². The molecule has 0 saturated carbocycles. The highest BCUT2D eigenvalue weighted by Gasteiger charge is 2.19. The summed E-state index contributed by atoms with van der Waals surface area (Å²) in [6, 6.07) is 23.9. The number of carbonyl (C=O) groups excluding carboxylic acids is 1. The zero-order chi connectivity index (χ0) is 20.2. The first-order valence-corrected chi connectivity index (χ1v) is 9.26. The third kappa shape index (κ3) is 3.97. The summed E-state index contributed by atoms with van der Waals surface area (Å²) in [5, 5.41) is 7.87. The van der Waals surface area contributed by atoms with Crippen LogP contribution < -0.4 is 10.1 Å². The Morgan fingerprint density at radius 3 is 2.38 bits per heavy atom. The first-order valence-electron chi connectivity index (χ1n) is 8.88. The predicted octanol–water partition coefficient (Wildman–Crippen LogP) is 4.85. The van der Waals surface area contributed by atoms with Crippen molar-refractivity contribution < 1.29 is 9.53 Å². The topological polar surface area (TPSA) is 69.0 Å². The fraction of sp³-hybridized carbons (Fsp3) is 0.0455. The minimum absolute atomic E-state index is 0.0460. The first-order chi connectivity index (χ1) is 14.2. The summed E-state index contributed by atoms with van der Waals surface area (Å²) in [4.78, 5) is 17.3. The third-order valence-electron chi connectivity index (χ3n) is 4.27. The van der Waals surface area contributed by atoms with E-state index < -0.39 is 5.91 Å². The van der Waals surface area contributed by atoms with Gasteiger partial charge in [0.1, 0.15) is 5.75 Å². The zero-order valence-corrected chi connectivity index (χ0v) is 16.3. The lowest BCUT2D eigenvalue weighted by atomic mass is 10.2. The molecule has 1 amide bonds. The average Bonchev–Trinajstić information content (AvgIpc) is 3.21. The number of hydrogen-bond donors (Lipinski definition) is 1. The maximum Gasteiger partial charge on any atom is 0.295 e. The highest BCUT2D eigenvalue weighted by atomic mass is 35.5. The van der Waals surface area contributed by atoms with Gasteiger partial charge in [0, 0.05) is 10.6 Å². The van der Waals surface area contributed by atoms with E-state index in [0.717, 1.165) is 11.3 Å². The van der Waals surface area contributed by atoms with Crippen molar-refractivity contribution in [1.82, 2.24) is 14.8 Å². The van der Waals surface area contributed by atoms with Gasteiger partial charge in [-0.1, -0.05) is 54.1 Å². The molecule has 0 aliphatic rings. The quantitative estimate of drug-likeness (QED) is 0.516. The van der Waals surface area contributed by atoms with Gasteiger partial charge in [-0.3, -0.25) is 4.79 Å². The number of benzene rings is 3. The number of halogens is 1. The fourth-order valence-corrected chi connectivity index (χ4v) is 3.00. The van der Waals surface area contributed by atoms with Crippen LogP contribution in [0.3, 0.4) is 0 Å². The van der Waals surface area contributed by atoms with Gasteiger partial charge in [0.2, 0.25) is 5.82 Å². The highest BCUT2D eigenvalue weighted by Crippen LogP contribution is 2.25. The molecule has 4 aromatic rings. The number of amides is 1. The largest absolute Gasteiger partial charge is 0.495 e. The number of nitrogens with zero attached hydrogens (tertiary/aromatic N) is 3. The molecule has 0 radical (unpaired) electrons. The molecule has 144 valence electrons. The molecule has 0 bridgehead atoms. The summed E-state index contributed by atoms with van der Waals surface area (Å²) in [7, 11) is 1.55. The maximum atomic E-state index is 12.8. The lowest BCUT2D eigenvalue weighted by molar-refractivity contribution is 0.101. The van der Waals surface area contributed by atoms with E-state index in [-0.39, 0.29) is 5.82 Å². The van der Waals surface area contributed by atoms with Gasteiger partial charge in [-0.15, -0.1) is 5.10 Å². The number of aromatic nitrogens is 3. The summed E-state index contributed by atoms with van der Waals surface area (Å²) in [6.07, 6.45) is 0. The number of carbonyl (C=O) groups is 1. The predicted molar refractivity (Wildman–Crippen MR) is 113 cm³/mol. The van der Waals surface area contributed by atoms with Crippen LogP contribution in [0.25, 0.3) is 17.1 Å². The molecule has 0 aliphatic heterocycles. The van der Waals surface area contributed by atoms with Crippen LogP contribution in [-0.4, -0.2) is 27.8 Å². The third-order valence-corrected chi connectivity index (χ3v) is 4.52. The van der Waals surface area contributed by atoms with Gasteiger partial charge in [0.15, 0.2) is 5.82 Å². The van der Waals surface area contributed by atoms with Gasteiger partial charge < -0.3 is 10.1 Å². The van der Waals surface area contributed by atoms with Crippen molar-refractivity contribution in [3.8, 4) is 22.8 Å². The summed E-state index contributed by atoms with van der Waals surface area (Å²) in [5.41, 5.74) is 2.13. The van der Waals surface area contributed by atoms with Crippen LogP contribution in [0, 0.1) is 0 Å². The second kappa shape index (κ2) is 8.16. The van der Waals surface area contributed by atoms with Crippen LogP contribution in [0.1, 0.15) is 10.6 Å². The Bertz CT molecular complexity index is 1140. The Labute approximate surface area is 172 Å². The maximum absolute atomic E-state index is 12.8. The number of rotatable bonds is 5. The second-order valence-corrected chi connectivity index (χ2v) is 6.60. The van der Waals surface area contributed by atoms with Crippen molar-refractivity contribution in [3.63, 3.8) is 0 Å². The van der Waals surface area contributed by atoms with E-state index in [9.17, 15) is 4.79 Å². The Morgan fingerprint density at radius 2 is 1.66 bits per heavy atom. The second-order valence-electron chi connectivity index (χ2n) is 6.17. The SMILES string of the molecule is COc1ccccc1NC(=O)c1nc(-c2ccccc2)n(-c2ccc(Cl)cc2)n1. The zero-order valence-electron chi connectivity index (χ0n) is 15.5. The summed E-state index contributed by atoms with van der Waals surface area (Å²) < 4.78 is 6.92. The molecule has 1 N–H and O–H groups in total. The number of anilines is 1. The summed E-state index contributed by atoms with van der Waals surface area (Å²) >= 11 is 6.01. The van der Waals surface area contributed by atoms with Crippen molar-refractivity contribution in [2.45, 2.75) is 0 Å². The number of methoxy groups -OCH3 is 1. The van der Waals surface area contributed by atoms with E-state index in [4.69, 9.17) is 16.3 Å². The van der Waals surface area contributed by atoms with Gasteiger partial charge in [-0.05, 0) is 36.4 Å². The number of para-hydroxylation sites is 2. The molecule has 1 heterocycles. The molecule has 7 heteroatoms. The minimum atomic E-state index is -0.431. The Morgan fingerprint density at radius 1 is 0.966 bits per heavy atom. The Kier molecular flexibility index (Phi) is 5.27. The average molecular weight is 405 g/mol. The van der Waals surface area contributed by atoms with Crippen molar-refractivity contribution in [3.05, 3.63) is 89.7 Å². The lowest BCUT2D eigenvalue weighted by Crippen LogP contribution is -2.14. The van der Waals surface area contributed by atoms with Crippen LogP contribution >= 0.6 is 11.6 Å². The van der Waals surface area contributed by atoms with Crippen LogP contribution in [0.4, 0.5) is 5.69 Å². The monoisotopic (exact) mass is 404 g/mol. The van der Waals surface area contributed by atoms with Crippen molar-refractivity contribution >= 4 is 23.2 Å². The first kappa shape index (κ1) is 18.7. The van der Waals surface area contributed by atoms with E-state index in [0.29, 0.717) is 22.3 Å². The molecule has 0 aliphatic carbocycles. The van der Waals surface area contributed by atoms with E-state index in [1.807, 2.05) is 54.6 Å². The Balaban J connectivity index is 1.74. The minimum Gasteiger partial charge on any atom is -0.495 e. The van der Waals surface area contributed by atoms with Crippen molar-refractivity contribution in [1.29, 1.82) is 0 Å². The molecule has 1 aromatic heterocycles. The van der Waals surface area contributed by atoms with E-state index >= 15 is 0 Å². The molecule has 29 heavy (non-hydrogen) atoms. The van der Waals surface area contributed by atoms with Crippen LogP contribution in [0.5, 0.6) is 5.75 Å². The molecule has 0 atom stereocenters. The normalized spacial score (nSPS) is 10.6. The lowest BCUT2D eigenvalue weighted by Gasteiger charge is -2.08. The molecule has 4 rings (SSSR count). The van der Waals surface area contributed by atoms with Gasteiger partial charge in [-0.2, -0.15) is 0 Å². The molecule has 0 fully saturated rings. The standard InChI is InChI=1S/C22H17ClN4O2/c1-29-19-10-6-5-9-18(19)24-22(28)20-25-21(15-7-3-2-4-8-15)27(26-20)17-13-11-16(23)12-14-17/h2-14H,1H3,(H,24,28). The van der Waals surface area contributed by atoms with E-state index in [2.05, 4.69) is 15.4 Å². The van der Waals surface area contributed by atoms with Crippen molar-refractivity contribution in [2.24, 2.45) is 0 Å². The molecule has 3 aromatic carbocycles. The highest BCUT2D eigenvalue weighted by molar-refractivity contribution is 6.30. The molecular weight excluding hydrogens is 388 g/mol. The van der Waals surface area contributed by atoms with Gasteiger partial charge in [-0.25, -0.2) is 9.67 Å². The molecule has 0 spiro atoms. The van der Waals surface area contributed by atoms with E-state index in [1.165, 1.54) is 0 Å². The van der Waals surface area contributed by atoms with Gasteiger partial charge in [0.05, 0.1) is 18.5 Å². The summed E-state index contributed by atoms with van der Waals surface area (Å²) in [5.74, 6) is 0.725. The fourth-order valence-electron chi connectivity index (χ4n) is 2.87. The van der Waals surface area contributed by atoms with Crippen molar-refractivity contribution in [2.75, 3.05) is 12.4 Å². The number of nitrogens with one attached hydrogen (secondary N) is 1. The summed E-state index contributed by atoms with van der Waals surface area (Å²) in [6.45, 7) is 0. The number of ether oxygens (including phenoxy) is 1. The van der Waals surface area contributed by atoms with Gasteiger partial charge in [0.25, 0.3) is 5.91 Å². The van der Waals surface area contributed by atoms with Crippen LogP contribution in [0.2, 0.25) is 5.02 Å². The molecule has 6 nitrogen and oxygen atoms in total. The Hall–Kier alpha value is -3.64. The van der Waals surface area contributed by atoms with Crippen LogP contribution in [0.15, 0.2) is 78.9 Å². The van der Waals surface area contributed by atoms with Gasteiger partial charge >= 0.3 is 0 Å².